The van der Waals surface area contributed by atoms with Crippen LogP contribution in [0.2, 0.25) is 0 Å². The third-order valence-corrected chi connectivity index (χ3v) is 3.03. The molecular weight excluding hydrogens is 240 g/mol. The number of phenols is 1. The Morgan fingerprint density at radius 3 is 2.74 bits per heavy atom. The number of aromatic nitrogens is 1. The van der Waals surface area contributed by atoms with Crippen LogP contribution in [0.3, 0.4) is 0 Å². The number of nitrogens with one attached hydrogen (secondary N) is 1. The molecule has 1 aromatic carbocycles. The van der Waals surface area contributed by atoms with Crippen LogP contribution < -0.4 is 5.32 Å². The third-order valence-electron chi connectivity index (χ3n) is 3.03. The lowest BCUT2D eigenvalue weighted by atomic mass is 10.1. The minimum absolute atomic E-state index is 0.123. The zero-order chi connectivity index (χ0) is 13.8. The first-order valence-corrected chi connectivity index (χ1v) is 6.10. The molecule has 0 radical (unpaired) electrons. The Morgan fingerprint density at radius 1 is 1.26 bits per heavy atom. The van der Waals surface area contributed by atoms with E-state index in [1.165, 1.54) is 0 Å². The summed E-state index contributed by atoms with van der Waals surface area (Å²) in [5, 5.41) is 12.5. The summed E-state index contributed by atoms with van der Waals surface area (Å²) >= 11 is 0. The van der Waals surface area contributed by atoms with E-state index in [4.69, 9.17) is 0 Å². The van der Waals surface area contributed by atoms with Crippen molar-refractivity contribution in [2.24, 2.45) is 0 Å². The lowest BCUT2D eigenvalue weighted by Crippen LogP contribution is -2.27. The second-order valence-electron chi connectivity index (χ2n) is 4.40. The van der Waals surface area contributed by atoms with Gasteiger partial charge in [0.2, 0.25) is 0 Å². The van der Waals surface area contributed by atoms with Gasteiger partial charge in [-0.2, -0.15) is 0 Å². The van der Waals surface area contributed by atoms with E-state index in [1.807, 2.05) is 25.1 Å². The minimum Gasteiger partial charge on any atom is -0.508 e. The fourth-order valence-corrected chi connectivity index (χ4v) is 1.85. The van der Waals surface area contributed by atoms with E-state index in [9.17, 15) is 9.90 Å². The lowest BCUT2D eigenvalue weighted by molar-refractivity contribution is 0.0938. The summed E-state index contributed by atoms with van der Waals surface area (Å²) in [5.41, 5.74) is 1.85. The summed E-state index contributed by atoms with van der Waals surface area (Å²) in [6.07, 6.45) is 1.69. The summed E-state index contributed by atoms with van der Waals surface area (Å²) in [6, 6.07) is 10.3. The monoisotopic (exact) mass is 256 g/mol. The van der Waals surface area contributed by atoms with Crippen LogP contribution in [-0.4, -0.2) is 16.0 Å². The van der Waals surface area contributed by atoms with Crippen molar-refractivity contribution in [1.82, 2.24) is 10.3 Å². The molecule has 0 saturated heterocycles. The van der Waals surface area contributed by atoms with Crippen molar-refractivity contribution < 1.29 is 9.90 Å². The van der Waals surface area contributed by atoms with Gasteiger partial charge in [0, 0.05) is 17.3 Å². The largest absolute Gasteiger partial charge is 0.508 e. The molecule has 0 fully saturated rings. The number of carbonyl (C=O) groups excluding carboxylic acids is 1. The number of amides is 1. The van der Waals surface area contributed by atoms with E-state index in [-0.39, 0.29) is 17.7 Å². The van der Waals surface area contributed by atoms with Gasteiger partial charge in [0.25, 0.3) is 5.91 Å². The van der Waals surface area contributed by atoms with Crippen molar-refractivity contribution in [3.05, 3.63) is 59.4 Å². The Balaban J connectivity index is 2.16. The summed E-state index contributed by atoms with van der Waals surface area (Å²) in [7, 11) is 0. The molecule has 2 rings (SSSR count). The molecule has 0 aliphatic rings. The van der Waals surface area contributed by atoms with Crippen LogP contribution in [0, 0.1) is 6.92 Å². The van der Waals surface area contributed by atoms with Gasteiger partial charge in [0.1, 0.15) is 5.75 Å². The zero-order valence-corrected chi connectivity index (χ0v) is 10.9. The van der Waals surface area contributed by atoms with Crippen molar-refractivity contribution in [3.63, 3.8) is 0 Å². The van der Waals surface area contributed by atoms with Crippen LogP contribution >= 0.6 is 0 Å². The van der Waals surface area contributed by atoms with Crippen LogP contribution in [0.15, 0.2) is 42.6 Å². The van der Waals surface area contributed by atoms with Crippen molar-refractivity contribution in [2.45, 2.75) is 19.9 Å². The predicted octanol–water partition coefficient (Wildman–Crippen LogP) is 2.59. The fraction of sp³-hybridized carbons (Fsp3) is 0.200. The van der Waals surface area contributed by atoms with E-state index in [0.29, 0.717) is 11.1 Å². The first-order valence-electron chi connectivity index (χ1n) is 6.10. The highest BCUT2D eigenvalue weighted by Crippen LogP contribution is 2.20. The maximum absolute atomic E-state index is 12.2. The summed E-state index contributed by atoms with van der Waals surface area (Å²) < 4.78 is 0. The average molecular weight is 256 g/mol. The molecule has 4 heteroatoms. The van der Waals surface area contributed by atoms with Crippen molar-refractivity contribution in [3.8, 4) is 5.75 Å². The Kier molecular flexibility index (Phi) is 3.80. The van der Waals surface area contributed by atoms with E-state index >= 15 is 0 Å². The molecule has 0 spiro atoms. The summed E-state index contributed by atoms with van der Waals surface area (Å²) in [6.45, 7) is 3.59. The Morgan fingerprint density at radius 2 is 2.05 bits per heavy atom. The number of phenolic OH excluding ortho intramolecular Hbond substituents is 1. The normalized spacial score (nSPS) is 11.9. The van der Waals surface area contributed by atoms with Gasteiger partial charge in [0.15, 0.2) is 0 Å². The highest BCUT2D eigenvalue weighted by atomic mass is 16.3. The molecule has 1 heterocycles. The predicted molar refractivity (Wildman–Crippen MR) is 73.0 cm³/mol. The van der Waals surface area contributed by atoms with Crippen molar-refractivity contribution in [2.75, 3.05) is 0 Å². The Hall–Kier alpha value is -2.36. The first kappa shape index (κ1) is 13.1. The van der Waals surface area contributed by atoms with E-state index in [2.05, 4.69) is 10.3 Å². The van der Waals surface area contributed by atoms with E-state index in [1.54, 1.807) is 31.3 Å². The quantitative estimate of drug-likeness (QED) is 0.887. The van der Waals surface area contributed by atoms with E-state index < -0.39 is 0 Å². The molecule has 0 saturated carbocycles. The molecule has 0 aliphatic heterocycles. The first-order chi connectivity index (χ1) is 9.09. The van der Waals surface area contributed by atoms with Crippen molar-refractivity contribution >= 4 is 5.91 Å². The standard InChI is InChI=1S/C15H16N2O2/c1-10-12(6-5-8-14(10)18)15(19)17-11(2)13-7-3-4-9-16-13/h3-9,11,18H,1-2H3,(H,17,19). The SMILES string of the molecule is Cc1c(O)cccc1C(=O)NC(C)c1ccccn1. The van der Waals surface area contributed by atoms with Crippen LogP contribution in [0.1, 0.15) is 34.6 Å². The topological polar surface area (TPSA) is 62.2 Å². The molecule has 1 aromatic heterocycles. The molecule has 1 atom stereocenters. The number of rotatable bonds is 3. The molecule has 0 aliphatic carbocycles. The smallest absolute Gasteiger partial charge is 0.252 e. The maximum Gasteiger partial charge on any atom is 0.252 e. The Bertz CT molecular complexity index is 582. The number of benzene rings is 1. The molecular formula is C15H16N2O2. The number of nitrogens with zero attached hydrogens (tertiary/aromatic N) is 1. The number of hydrogen-bond donors (Lipinski definition) is 2. The highest BCUT2D eigenvalue weighted by molar-refractivity contribution is 5.96. The molecule has 98 valence electrons. The minimum atomic E-state index is -0.216. The van der Waals surface area contributed by atoms with Gasteiger partial charge < -0.3 is 10.4 Å². The van der Waals surface area contributed by atoms with Gasteiger partial charge in [0.05, 0.1) is 11.7 Å². The summed E-state index contributed by atoms with van der Waals surface area (Å²) in [5.74, 6) is -0.0929. The van der Waals surface area contributed by atoms with Crippen molar-refractivity contribution in [1.29, 1.82) is 0 Å². The molecule has 4 nitrogen and oxygen atoms in total. The summed E-state index contributed by atoms with van der Waals surface area (Å²) in [4.78, 5) is 16.4. The number of aromatic hydroxyl groups is 1. The van der Waals surface area contributed by atoms with Crippen LogP contribution in [0.25, 0.3) is 0 Å². The Labute approximate surface area is 112 Å². The van der Waals surface area contributed by atoms with Crippen LogP contribution in [-0.2, 0) is 0 Å². The molecule has 19 heavy (non-hydrogen) atoms. The zero-order valence-electron chi connectivity index (χ0n) is 10.9. The second-order valence-corrected chi connectivity index (χ2v) is 4.40. The van der Waals surface area contributed by atoms with Crippen LogP contribution in [0.5, 0.6) is 5.75 Å². The molecule has 1 unspecified atom stereocenters. The lowest BCUT2D eigenvalue weighted by Gasteiger charge is -2.14. The molecule has 1 amide bonds. The molecule has 2 N–H and O–H groups in total. The van der Waals surface area contributed by atoms with Gasteiger partial charge in [-0.3, -0.25) is 9.78 Å². The molecule has 0 bridgehead atoms. The van der Waals surface area contributed by atoms with Gasteiger partial charge in [-0.05, 0) is 38.1 Å². The second kappa shape index (κ2) is 5.52. The average Bonchev–Trinajstić information content (AvgIpc) is 2.42. The van der Waals surface area contributed by atoms with Gasteiger partial charge in [-0.15, -0.1) is 0 Å². The highest BCUT2D eigenvalue weighted by Gasteiger charge is 2.15. The third kappa shape index (κ3) is 2.91. The fourth-order valence-electron chi connectivity index (χ4n) is 1.85. The number of hydrogen-bond acceptors (Lipinski definition) is 3. The molecule has 2 aromatic rings. The van der Waals surface area contributed by atoms with Gasteiger partial charge in [-0.1, -0.05) is 12.1 Å². The number of pyridine rings is 1. The maximum atomic E-state index is 12.2. The van der Waals surface area contributed by atoms with Gasteiger partial charge in [-0.25, -0.2) is 0 Å². The van der Waals surface area contributed by atoms with Gasteiger partial charge >= 0.3 is 0 Å². The van der Waals surface area contributed by atoms with Crippen LogP contribution in [0.4, 0.5) is 0 Å². The number of carbonyl (C=O) groups is 1. The van der Waals surface area contributed by atoms with E-state index in [0.717, 1.165) is 5.69 Å².